The van der Waals surface area contributed by atoms with Crippen molar-refractivity contribution in [1.29, 1.82) is 0 Å². The third kappa shape index (κ3) is 6.25. The van der Waals surface area contributed by atoms with Crippen LogP contribution in [0.25, 0.3) is 0 Å². The standard InChI is InChI=1S/C15H21FN2O3/c1-10(2)8-11(14(19)21-3)9-17-15(20)18-13-6-4-12(16)5-7-13/h4-7,10-11H,8-9H2,1-3H3,(H2,17,18,20). The minimum Gasteiger partial charge on any atom is -0.469 e. The van der Waals surface area contributed by atoms with Gasteiger partial charge in [0.05, 0.1) is 13.0 Å². The van der Waals surface area contributed by atoms with Gasteiger partial charge in [0.25, 0.3) is 0 Å². The van der Waals surface area contributed by atoms with Gasteiger partial charge in [0.2, 0.25) is 0 Å². The van der Waals surface area contributed by atoms with Gasteiger partial charge in [0, 0.05) is 12.2 Å². The summed E-state index contributed by atoms with van der Waals surface area (Å²) in [6.45, 7) is 4.18. The Balaban J connectivity index is 2.49. The first-order valence-corrected chi connectivity index (χ1v) is 6.80. The van der Waals surface area contributed by atoms with Crippen molar-refractivity contribution in [1.82, 2.24) is 5.32 Å². The molecule has 21 heavy (non-hydrogen) atoms. The van der Waals surface area contributed by atoms with Crippen LogP contribution in [0.2, 0.25) is 0 Å². The summed E-state index contributed by atoms with van der Waals surface area (Å²) in [4.78, 5) is 23.4. The van der Waals surface area contributed by atoms with Crippen molar-refractivity contribution in [3.63, 3.8) is 0 Å². The normalized spacial score (nSPS) is 11.9. The van der Waals surface area contributed by atoms with Crippen molar-refractivity contribution >= 4 is 17.7 Å². The first-order chi connectivity index (χ1) is 9.92. The Hall–Kier alpha value is -2.11. The summed E-state index contributed by atoms with van der Waals surface area (Å²) in [6.07, 6.45) is 0.628. The third-order valence-electron chi connectivity index (χ3n) is 2.90. The molecule has 0 aliphatic carbocycles. The molecule has 2 amide bonds. The predicted octanol–water partition coefficient (Wildman–Crippen LogP) is 2.78. The maximum absolute atomic E-state index is 12.7. The maximum Gasteiger partial charge on any atom is 0.319 e. The summed E-state index contributed by atoms with van der Waals surface area (Å²) < 4.78 is 17.5. The Labute approximate surface area is 123 Å². The van der Waals surface area contributed by atoms with Gasteiger partial charge < -0.3 is 15.4 Å². The number of urea groups is 1. The van der Waals surface area contributed by atoms with E-state index >= 15 is 0 Å². The molecule has 0 aliphatic rings. The van der Waals surface area contributed by atoms with Crippen LogP contribution in [-0.2, 0) is 9.53 Å². The molecular weight excluding hydrogens is 275 g/mol. The number of benzene rings is 1. The number of ether oxygens (including phenoxy) is 1. The Morgan fingerprint density at radius 1 is 1.24 bits per heavy atom. The predicted molar refractivity (Wildman–Crippen MR) is 78.4 cm³/mol. The second kappa shape index (κ2) is 8.24. The van der Waals surface area contributed by atoms with Gasteiger partial charge in [-0.25, -0.2) is 9.18 Å². The first-order valence-electron chi connectivity index (χ1n) is 6.80. The summed E-state index contributed by atoms with van der Waals surface area (Å²) >= 11 is 0. The van der Waals surface area contributed by atoms with Crippen molar-refractivity contribution < 1.29 is 18.7 Å². The van der Waals surface area contributed by atoms with E-state index in [9.17, 15) is 14.0 Å². The van der Waals surface area contributed by atoms with Crippen LogP contribution >= 0.6 is 0 Å². The molecule has 1 aromatic carbocycles. The van der Waals surface area contributed by atoms with Crippen molar-refractivity contribution in [3.05, 3.63) is 30.1 Å². The molecule has 0 heterocycles. The molecule has 1 aromatic rings. The summed E-state index contributed by atoms with van der Waals surface area (Å²) in [5.74, 6) is -0.778. The molecule has 6 heteroatoms. The minimum absolute atomic E-state index is 0.192. The molecule has 0 aliphatic heterocycles. The number of hydrogen-bond donors (Lipinski definition) is 2. The molecule has 0 fully saturated rings. The average molecular weight is 296 g/mol. The van der Waals surface area contributed by atoms with Crippen molar-refractivity contribution in [3.8, 4) is 0 Å². The van der Waals surface area contributed by atoms with E-state index in [1.807, 2.05) is 13.8 Å². The highest BCUT2D eigenvalue weighted by Crippen LogP contribution is 2.13. The lowest BCUT2D eigenvalue weighted by Gasteiger charge is -2.17. The van der Waals surface area contributed by atoms with E-state index in [1.54, 1.807) is 0 Å². The number of halogens is 1. The number of hydrogen-bond acceptors (Lipinski definition) is 3. The number of rotatable bonds is 6. The van der Waals surface area contributed by atoms with Crippen LogP contribution in [-0.4, -0.2) is 25.7 Å². The molecule has 0 radical (unpaired) electrons. The fourth-order valence-corrected chi connectivity index (χ4v) is 1.92. The van der Waals surface area contributed by atoms with Crippen LogP contribution in [0.5, 0.6) is 0 Å². The number of nitrogens with one attached hydrogen (secondary N) is 2. The number of amides is 2. The van der Waals surface area contributed by atoms with Gasteiger partial charge in [-0.1, -0.05) is 13.8 Å². The molecule has 5 nitrogen and oxygen atoms in total. The van der Waals surface area contributed by atoms with E-state index in [-0.39, 0.29) is 24.2 Å². The summed E-state index contributed by atoms with van der Waals surface area (Å²) in [7, 11) is 1.33. The van der Waals surface area contributed by atoms with Crippen LogP contribution in [0.4, 0.5) is 14.9 Å². The fourth-order valence-electron chi connectivity index (χ4n) is 1.92. The topological polar surface area (TPSA) is 67.4 Å². The zero-order valence-corrected chi connectivity index (χ0v) is 12.5. The van der Waals surface area contributed by atoms with Crippen LogP contribution in [0, 0.1) is 17.7 Å². The molecule has 0 saturated heterocycles. The van der Waals surface area contributed by atoms with E-state index in [0.29, 0.717) is 18.0 Å². The lowest BCUT2D eigenvalue weighted by atomic mass is 9.97. The summed E-state index contributed by atoms with van der Waals surface area (Å²) in [5.41, 5.74) is 0.479. The van der Waals surface area contributed by atoms with Crippen LogP contribution in [0.15, 0.2) is 24.3 Å². The highest BCUT2D eigenvalue weighted by Gasteiger charge is 2.21. The number of anilines is 1. The van der Waals surface area contributed by atoms with Crippen LogP contribution in [0.3, 0.4) is 0 Å². The van der Waals surface area contributed by atoms with Gasteiger partial charge in [0.15, 0.2) is 0 Å². The zero-order valence-electron chi connectivity index (χ0n) is 12.5. The smallest absolute Gasteiger partial charge is 0.319 e. The molecule has 2 N–H and O–H groups in total. The van der Waals surface area contributed by atoms with Crippen LogP contribution < -0.4 is 10.6 Å². The van der Waals surface area contributed by atoms with Crippen LogP contribution in [0.1, 0.15) is 20.3 Å². The Morgan fingerprint density at radius 3 is 2.38 bits per heavy atom. The average Bonchev–Trinajstić information content (AvgIpc) is 2.44. The monoisotopic (exact) mass is 296 g/mol. The first kappa shape index (κ1) is 16.9. The van der Waals surface area contributed by atoms with E-state index in [2.05, 4.69) is 10.6 Å². The van der Waals surface area contributed by atoms with E-state index in [1.165, 1.54) is 31.4 Å². The van der Waals surface area contributed by atoms with Gasteiger partial charge in [0.1, 0.15) is 5.82 Å². The lowest BCUT2D eigenvalue weighted by molar-refractivity contribution is -0.145. The molecule has 0 aromatic heterocycles. The van der Waals surface area contributed by atoms with Gasteiger partial charge in [-0.05, 0) is 36.6 Å². The van der Waals surface area contributed by atoms with Crippen molar-refractivity contribution in [2.45, 2.75) is 20.3 Å². The maximum atomic E-state index is 12.7. The number of methoxy groups -OCH3 is 1. The molecular formula is C15H21FN2O3. The zero-order chi connectivity index (χ0) is 15.8. The largest absolute Gasteiger partial charge is 0.469 e. The lowest BCUT2D eigenvalue weighted by Crippen LogP contribution is -2.36. The SMILES string of the molecule is COC(=O)C(CNC(=O)Nc1ccc(F)cc1)CC(C)C. The minimum atomic E-state index is -0.445. The second-order valence-corrected chi connectivity index (χ2v) is 5.19. The van der Waals surface area contributed by atoms with Gasteiger partial charge in [-0.15, -0.1) is 0 Å². The Morgan fingerprint density at radius 2 is 1.86 bits per heavy atom. The van der Waals surface area contributed by atoms with E-state index in [4.69, 9.17) is 4.74 Å². The fraction of sp³-hybridized carbons (Fsp3) is 0.467. The van der Waals surface area contributed by atoms with Gasteiger partial charge in [-0.2, -0.15) is 0 Å². The Kier molecular flexibility index (Phi) is 6.65. The molecule has 1 atom stereocenters. The highest BCUT2D eigenvalue weighted by molar-refractivity contribution is 5.89. The second-order valence-electron chi connectivity index (χ2n) is 5.19. The highest BCUT2D eigenvalue weighted by atomic mass is 19.1. The number of esters is 1. The molecule has 0 saturated carbocycles. The van der Waals surface area contributed by atoms with Gasteiger partial charge >= 0.3 is 12.0 Å². The van der Waals surface area contributed by atoms with E-state index < -0.39 is 6.03 Å². The van der Waals surface area contributed by atoms with E-state index in [0.717, 1.165) is 0 Å². The molecule has 1 rings (SSSR count). The number of carbonyl (C=O) groups is 2. The van der Waals surface area contributed by atoms with Gasteiger partial charge in [-0.3, -0.25) is 4.79 Å². The molecule has 0 spiro atoms. The molecule has 1 unspecified atom stereocenters. The van der Waals surface area contributed by atoms with Crippen molar-refractivity contribution in [2.75, 3.05) is 19.0 Å². The quantitative estimate of drug-likeness (QED) is 0.793. The summed E-state index contributed by atoms with van der Waals surface area (Å²) in [5, 5.41) is 5.19. The Bertz CT molecular complexity index is 474. The third-order valence-corrected chi connectivity index (χ3v) is 2.90. The molecule has 116 valence electrons. The van der Waals surface area contributed by atoms with Crippen molar-refractivity contribution in [2.24, 2.45) is 11.8 Å². The summed E-state index contributed by atoms with van der Waals surface area (Å²) in [6, 6.07) is 4.98. The number of carbonyl (C=O) groups excluding carboxylic acids is 2. The molecule has 0 bridgehead atoms.